The van der Waals surface area contributed by atoms with Gasteiger partial charge in [-0.3, -0.25) is 14.5 Å². The molecule has 4 aromatic rings. The molecule has 0 unspecified atom stereocenters. The molecule has 1 N–H and O–H groups in total. The normalized spacial score (nSPS) is 11.0. The third kappa shape index (κ3) is 5.43. The van der Waals surface area contributed by atoms with Gasteiger partial charge in [0.25, 0.3) is 5.91 Å². The molecule has 12 heteroatoms. The lowest BCUT2D eigenvalue weighted by Gasteiger charge is -2.24. The molecule has 0 atom stereocenters. The van der Waals surface area contributed by atoms with Gasteiger partial charge >= 0.3 is 0 Å². The van der Waals surface area contributed by atoms with Gasteiger partial charge in [0.2, 0.25) is 0 Å². The first kappa shape index (κ1) is 23.4. The first-order chi connectivity index (χ1) is 17.0. The van der Waals surface area contributed by atoms with Gasteiger partial charge in [0.15, 0.2) is 12.0 Å². The van der Waals surface area contributed by atoms with Gasteiger partial charge in [-0.2, -0.15) is 5.10 Å². The lowest BCUT2D eigenvalue weighted by atomic mass is 10.2. The molecule has 0 radical (unpaired) electrons. The number of ether oxygens (including phenoxy) is 3. The summed E-state index contributed by atoms with van der Waals surface area (Å²) in [5, 5.41) is 7.91. The molecule has 35 heavy (non-hydrogen) atoms. The van der Waals surface area contributed by atoms with Crippen molar-refractivity contribution in [3.8, 4) is 22.8 Å². The number of amides is 1. The number of aromatic nitrogens is 5. The third-order valence-corrected chi connectivity index (χ3v) is 4.97. The number of aryl methyl sites for hydroxylation is 1. The molecule has 3 heterocycles. The molecule has 0 aliphatic heterocycles. The van der Waals surface area contributed by atoms with Crippen molar-refractivity contribution >= 4 is 35.0 Å². The van der Waals surface area contributed by atoms with Gasteiger partial charge < -0.3 is 19.1 Å². The average Bonchev–Trinajstić information content (AvgIpc) is 3.32. The lowest BCUT2D eigenvalue weighted by Crippen LogP contribution is -2.33. The molecule has 0 bridgehead atoms. The van der Waals surface area contributed by atoms with E-state index in [1.165, 1.54) is 7.11 Å². The minimum absolute atomic E-state index is 0.106. The van der Waals surface area contributed by atoms with Gasteiger partial charge in [-0.15, -0.1) is 5.10 Å². The molecule has 0 fully saturated rings. The molecule has 0 spiro atoms. The van der Waals surface area contributed by atoms with Crippen LogP contribution >= 0.6 is 0 Å². The first-order valence-corrected chi connectivity index (χ1v) is 10.5. The summed E-state index contributed by atoms with van der Waals surface area (Å²) in [5.74, 6) is 1.19. The van der Waals surface area contributed by atoms with Gasteiger partial charge in [0.1, 0.15) is 29.4 Å². The molecule has 0 saturated heterocycles. The highest BCUT2D eigenvalue weighted by atomic mass is 16.5. The molecule has 0 aliphatic rings. The number of rotatable bonds is 9. The van der Waals surface area contributed by atoms with Crippen LogP contribution in [-0.2, 0) is 16.6 Å². The second-order valence-electron chi connectivity index (χ2n) is 7.33. The van der Waals surface area contributed by atoms with Gasteiger partial charge in [0, 0.05) is 37.0 Å². The van der Waals surface area contributed by atoms with Crippen LogP contribution in [0.5, 0.6) is 11.5 Å². The van der Waals surface area contributed by atoms with Crippen LogP contribution in [0.15, 0.2) is 54.0 Å². The van der Waals surface area contributed by atoms with Crippen LogP contribution < -0.4 is 19.8 Å². The topological polar surface area (TPSA) is 129 Å². The van der Waals surface area contributed by atoms with Crippen LogP contribution in [0.1, 0.15) is 0 Å². The molecular weight excluding hydrogens is 452 g/mol. The largest absolute Gasteiger partial charge is 0.497 e. The van der Waals surface area contributed by atoms with Crippen LogP contribution in [0.4, 0.5) is 11.5 Å². The zero-order valence-electron chi connectivity index (χ0n) is 19.7. The molecule has 180 valence electrons. The summed E-state index contributed by atoms with van der Waals surface area (Å²) in [7, 11) is 6.37. The van der Waals surface area contributed by atoms with Crippen LogP contribution in [0, 0.1) is 0 Å². The van der Waals surface area contributed by atoms with Gasteiger partial charge in [-0.25, -0.2) is 15.4 Å². The monoisotopic (exact) mass is 476 g/mol. The fourth-order valence-electron chi connectivity index (χ4n) is 3.31. The molecule has 1 aromatic carbocycles. The highest BCUT2D eigenvalue weighted by Gasteiger charge is 2.18. The maximum absolute atomic E-state index is 12.6. The standard InChI is InChI=1S/C23H24N8O4/c1-30-12-15(10-26-30)20-11-24-19-5-6-21(28-23(19)27-20)31(13-22(32)29-25-14-33-2)16-7-17(34-3)9-18(8-16)35-4/h5-12,14H,13H2,1-4H3,(H,29,32)/b25-14+. The van der Waals surface area contributed by atoms with Gasteiger partial charge in [0.05, 0.1) is 45.1 Å². The van der Waals surface area contributed by atoms with Crippen LogP contribution in [0.25, 0.3) is 22.4 Å². The highest BCUT2D eigenvalue weighted by Crippen LogP contribution is 2.32. The van der Waals surface area contributed by atoms with E-state index < -0.39 is 5.91 Å². The Labute approximate surface area is 201 Å². The fraction of sp³-hybridized carbons (Fsp3) is 0.217. The summed E-state index contributed by atoms with van der Waals surface area (Å²) in [6, 6.07) is 8.85. The lowest BCUT2D eigenvalue weighted by molar-refractivity contribution is -0.119. The fourth-order valence-corrected chi connectivity index (χ4v) is 3.31. The van der Waals surface area contributed by atoms with Crippen molar-refractivity contribution in [2.75, 3.05) is 32.8 Å². The van der Waals surface area contributed by atoms with Crippen molar-refractivity contribution in [1.29, 1.82) is 0 Å². The predicted octanol–water partition coefficient (Wildman–Crippen LogP) is 2.29. The van der Waals surface area contributed by atoms with Crippen LogP contribution in [0.3, 0.4) is 0 Å². The number of anilines is 2. The SMILES string of the molecule is CO/C=N/NC(=O)CN(c1cc(OC)cc(OC)c1)c1ccc2ncc(-c3cnn(C)c3)nc2n1. The van der Waals surface area contributed by atoms with E-state index in [1.54, 1.807) is 66.5 Å². The number of carbonyl (C=O) groups excluding carboxylic acids is 1. The number of fused-ring (bicyclic) bond motifs is 1. The number of hydrogen-bond acceptors (Lipinski definition) is 10. The predicted molar refractivity (Wildman–Crippen MR) is 130 cm³/mol. The highest BCUT2D eigenvalue weighted by molar-refractivity contribution is 5.85. The zero-order chi connectivity index (χ0) is 24.8. The molecule has 1 amide bonds. The summed E-state index contributed by atoms with van der Waals surface area (Å²) in [5.41, 5.74) is 5.52. The maximum Gasteiger partial charge on any atom is 0.260 e. The van der Waals surface area contributed by atoms with Gasteiger partial charge in [-0.1, -0.05) is 0 Å². The second-order valence-corrected chi connectivity index (χ2v) is 7.33. The molecule has 0 aliphatic carbocycles. The number of carbonyl (C=O) groups is 1. The Bertz CT molecular complexity index is 1350. The Hall–Kier alpha value is -4.74. The van der Waals surface area contributed by atoms with Crippen LogP contribution in [0.2, 0.25) is 0 Å². The molecule has 0 saturated carbocycles. The van der Waals surface area contributed by atoms with Crippen molar-refractivity contribution in [2.45, 2.75) is 0 Å². The number of nitrogens with zero attached hydrogens (tertiary/aromatic N) is 7. The smallest absolute Gasteiger partial charge is 0.260 e. The molecule has 3 aromatic heterocycles. The van der Waals surface area contributed by atoms with E-state index in [2.05, 4.69) is 25.6 Å². The van der Waals surface area contributed by atoms with Crippen molar-refractivity contribution < 1.29 is 19.0 Å². The first-order valence-electron chi connectivity index (χ1n) is 10.5. The van der Waals surface area contributed by atoms with Crippen molar-refractivity contribution in [3.05, 3.63) is 48.9 Å². The van der Waals surface area contributed by atoms with E-state index in [1.807, 2.05) is 13.2 Å². The van der Waals surface area contributed by atoms with Crippen molar-refractivity contribution in [3.63, 3.8) is 0 Å². The number of hydrazone groups is 1. The Morgan fingerprint density at radius 2 is 1.89 bits per heavy atom. The van der Waals surface area contributed by atoms with Crippen molar-refractivity contribution in [1.82, 2.24) is 30.2 Å². The average molecular weight is 476 g/mol. The Morgan fingerprint density at radius 1 is 1.11 bits per heavy atom. The number of methoxy groups -OCH3 is 3. The summed E-state index contributed by atoms with van der Waals surface area (Å²) >= 11 is 0. The maximum atomic E-state index is 12.6. The van der Waals surface area contributed by atoms with E-state index in [4.69, 9.17) is 19.2 Å². The van der Waals surface area contributed by atoms with Crippen molar-refractivity contribution in [2.24, 2.45) is 12.1 Å². The van der Waals surface area contributed by atoms with E-state index >= 15 is 0 Å². The van der Waals surface area contributed by atoms with Crippen LogP contribution in [-0.4, -0.2) is 64.9 Å². The quantitative estimate of drug-likeness (QED) is 0.220. The van der Waals surface area contributed by atoms with E-state index in [0.29, 0.717) is 39.9 Å². The van der Waals surface area contributed by atoms with E-state index in [-0.39, 0.29) is 6.54 Å². The minimum atomic E-state index is -0.392. The Morgan fingerprint density at radius 3 is 2.54 bits per heavy atom. The van der Waals surface area contributed by atoms with E-state index in [9.17, 15) is 4.79 Å². The number of nitrogens with one attached hydrogen (secondary N) is 1. The summed E-state index contributed by atoms with van der Waals surface area (Å²) in [4.78, 5) is 28.2. The second kappa shape index (κ2) is 10.5. The third-order valence-electron chi connectivity index (χ3n) is 4.97. The zero-order valence-corrected chi connectivity index (χ0v) is 19.7. The summed E-state index contributed by atoms with van der Waals surface area (Å²) in [6.07, 6.45) is 6.35. The summed E-state index contributed by atoms with van der Waals surface area (Å²) < 4.78 is 17.2. The Kier molecular flexibility index (Phi) is 7.00. The number of pyridine rings is 1. The minimum Gasteiger partial charge on any atom is -0.497 e. The summed E-state index contributed by atoms with van der Waals surface area (Å²) in [6.45, 7) is -0.106. The molecule has 4 rings (SSSR count). The van der Waals surface area contributed by atoms with Gasteiger partial charge in [-0.05, 0) is 12.1 Å². The Balaban J connectivity index is 1.77. The number of hydrogen-bond donors (Lipinski definition) is 1. The molecular formula is C23H24N8O4. The molecule has 12 nitrogen and oxygen atoms in total. The van der Waals surface area contributed by atoms with E-state index in [0.717, 1.165) is 12.0 Å². The number of benzene rings is 1.